The maximum absolute atomic E-state index is 8.94. The highest BCUT2D eigenvalue weighted by molar-refractivity contribution is 6.31. The summed E-state index contributed by atoms with van der Waals surface area (Å²) in [4.78, 5) is 6.34. The standard InChI is InChI=1S/C17H16ClN3O2/c1-21-16(11-19-22)20-15-9-8-13(18)10-14(15)17(21,23-2)12-6-4-3-5-7-12/h3-11,22H,1-2H3/b19-11+. The van der Waals surface area contributed by atoms with Crippen molar-refractivity contribution in [3.05, 3.63) is 64.7 Å². The Morgan fingerprint density at radius 3 is 2.65 bits per heavy atom. The van der Waals surface area contributed by atoms with Gasteiger partial charge in [-0.2, -0.15) is 0 Å². The van der Waals surface area contributed by atoms with Gasteiger partial charge in [0.1, 0.15) is 6.21 Å². The molecule has 1 N–H and O–H groups in total. The van der Waals surface area contributed by atoms with E-state index in [4.69, 9.17) is 21.5 Å². The van der Waals surface area contributed by atoms with E-state index in [2.05, 4.69) is 10.1 Å². The van der Waals surface area contributed by atoms with Gasteiger partial charge in [-0.25, -0.2) is 4.99 Å². The van der Waals surface area contributed by atoms with Crippen molar-refractivity contribution < 1.29 is 9.94 Å². The van der Waals surface area contributed by atoms with E-state index in [9.17, 15) is 0 Å². The maximum atomic E-state index is 8.94. The van der Waals surface area contributed by atoms with Gasteiger partial charge in [0.15, 0.2) is 11.6 Å². The van der Waals surface area contributed by atoms with Crippen LogP contribution in [0.15, 0.2) is 58.7 Å². The average Bonchev–Trinajstić information content (AvgIpc) is 2.58. The van der Waals surface area contributed by atoms with Gasteiger partial charge in [-0.15, -0.1) is 0 Å². The molecule has 0 bridgehead atoms. The number of aliphatic imine (C=N–C) groups is 1. The molecule has 1 atom stereocenters. The first-order valence-electron chi connectivity index (χ1n) is 7.04. The molecule has 1 unspecified atom stereocenters. The number of oxime groups is 1. The summed E-state index contributed by atoms with van der Waals surface area (Å²) >= 11 is 6.20. The number of methoxy groups -OCH3 is 1. The molecule has 6 heteroatoms. The molecular weight excluding hydrogens is 314 g/mol. The number of amidine groups is 1. The Bertz CT molecular complexity index is 777. The van der Waals surface area contributed by atoms with Gasteiger partial charge in [-0.05, 0) is 18.2 Å². The SMILES string of the molecule is COC1(c2ccccc2)c2cc(Cl)ccc2N=C(/C=N/O)N1C. The zero-order chi connectivity index (χ0) is 16.4. The van der Waals surface area contributed by atoms with E-state index in [-0.39, 0.29) is 0 Å². The fraction of sp³-hybridized carbons (Fsp3) is 0.176. The summed E-state index contributed by atoms with van der Waals surface area (Å²) in [5.41, 5.74) is 1.55. The summed E-state index contributed by atoms with van der Waals surface area (Å²) in [6.45, 7) is 0. The smallest absolute Gasteiger partial charge is 0.196 e. The van der Waals surface area contributed by atoms with Gasteiger partial charge in [0.2, 0.25) is 0 Å². The Balaban J connectivity index is 2.34. The molecule has 2 aromatic carbocycles. The van der Waals surface area contributed by atoms with E-state index in [0.717, 1.165) is 11.1 Å². The van der Waals surface area contributed by atoms with Crippen LogP contribution in [0.25, 0.3) is 0 Å². The second-order valence-corrected chi connectivity index (χ2v) is 5.59. The van der Waals surface area contributed by atoms with Crippen molar-refractivity contribution in [1.29, 1.82) is 0 Å². The van der Waals surface area contributed by atoms with E-state index >= 15 is 0 Å². The molecule has 0 aromatic heterocycles. The number of ether oxygens (including phenoxy) is 1. The molecular formula is C17H16ClN3O2. The van der Waals surface area contributed by atoms with Gasteiger partial charge in [0, 0.05) is 30.3 Å². The molecule has 1 aliphatic rings. The van der Waals surface area contributed by atoms with Crippen LogP contribution in [0.4, 0.5) is 5.69 Å². The van der Waals surface area contributed by atoms with Crippen molar-refractivity contribution in [2.45, 2.75) is 5.72 Å². The first kappa shape index (κ1) is 15.5. The van der Waals surface area contributed by atoms with Crippen LogP contribution in [0.3, 0.4) is 0 Å². The van der Waals surface area contributed by atoms with Crippen molar-refractivity contribution in [2.24, 2.45) is 10.1 Å². The second-order valence-electron chi connectivity index (χ2n) is 5.15. The molecule has 1 aliphatic heterocycles. The molecule has 0 aliphatic carbocycles. The van der Waals surface area contributed by atoms with Crippen molar-refractivity contribution in [2.75, 3.05) is 14.2 Å². The number of rotatable bonds is 3. The van der Waals surface area contributed by atoms with Crippen LogP contribution in [0.1, 0.15) is 11.1 Å². The average molecular weight is 330 g/mol. The molecule has 0 saturated heterocycles. The third kappa shape index (κ3) is 2.38. The van der Waals surface area contributed by atoms with Gasteiger partial charge in [-0.3, -0.25) is 0 Å². The highest BCUT2D eigenvalue weighted by Crippen LogP contribution is 2.44. The Hall–Kier alpha value is -2.37. The summed E-state index contributed by atoms with van der Waals surface area (Å²) in [6, 6.07) is 15.2. The number of hydrogen-bond acceptors (Lipinski definition) is 5. The first-order valence-corrected chi connectivity index (χ1v) is 7.42. The molecule has 0 radical (unpaired) electrons. The van der Waals surface area contributed by atoms with Gasteiger partial charge in [-0.1, -0.05) is 47.1 Å². The lowest BCUT2D eigenvalue weighted by Crippen LogP contribution is -2.51. The van der Waals surface area contributed by atoms with Crippen LogP contribution in [0, 0.1) is 0 Å². The molecule has 0 amide bonds. The van der Waals surface area contributed by atoms with E-state index in [1.54, 1.807) is 13.2 Å². The zero-order valence-corrected chi connectivity index (χ0v) is 13.5. The molecule has 2 aromatic rings. The lowest BCUT2D eigenvalue weighted by atomic mass is 9.90. The molecule has 5 nitrogen and oxygen atoms in total. The van der Waals surface area contributed by atoms with Crippen molar-refractivity contribution in [1.82, 2.24) is 4.90 Å². The predicted octanol–water partition coefficient (Wildman–Crippen LogP) is 3.62. The van der Waals surface area contributed by atoms with Crippen LogP contribution in [-0.4, -0.2) is 36.3 Å². The highest BCUT2D eigenvalue weighted by Gasteiger charge is 2.44. The monoisotopic (exact) mass is 329 g/mol. The van der Waals surface area contributed by atoms with E-state index in [1.807, 2.05) is 54.4 Å². The van der Waals surface area contributed by atoms with Crippen LogP contribution in [0.5, 0.6) is 0 Å². The third-order valence-electron chi connectivity index (χ3n) is 4.01. The van der Waals surface area contributed by atoms with E-state index in [0.29, 0.717) is 16.5 Å². The third-order valence-corrected chi connectivity index (χ3v) is 4.24. The highest BCUT2D eigenvalue weighted by atomic mass is 35.5. The minimum Gasteiger partial charge on any atom is -0.411 e. The molecule has 0 fully saturated rings. The van der Waals surface area contributed by atoms with Crippen LogP contribution in [-0.2, 0) is 10.5 Å². The number of hydrogen-bond donors (Lipinski definition) is 1. The van der Waals surface area contributed by atoms with Crippen molar-refractivity contribution in [3.63, 3.8) is 0 Å². The zero-order valence-electron chi connectivity index (χ0n) is 12.8. The molecule has 0 saturated carbocycles. The summed E-state index contributed by atoms with van der Waals surface area (Å²) in [5.74, 6) is 0.480. The molecule has 0 spiro atoms. The first-order chi connectivity index (χ1) is 11.1. The van der Waals surface area contributed by atoms with Crippen LogP contribution >= 0.6 is 11.6 Å². The normalized spacial score (nSPS) is 20.5. The number of halogens is 1. The minimum atomic E-state index is -0.917. The fourth-order valence-corrected chi connectivity index (χ4v) is 3.13. The quantitative estimate of drug-likeness (QED) is 0.531. The Morgan fingerprint density at radius 1 is 1.26 bits per heavy atom. The topological polar surface area (TPSA) is 57.4 Å². The summed E-state index contributed by atoms with van der Waals surface area (Å²) in [5, 5.41) is 12.7. The number of benzene rings is 2. The number of fused-ring (bicyclic) bond motifs is 1. The molecule has 1 heterocycles. The fourth-order valence-electron chi connectivity index (χ4n) is 2.96. The second kappa shape index (κ2) is 6.02. The van der Waals surface area contributed by atoms with Gasteiger partial charge < -0.3 is 14.8 Å². The summed E-state index contributed by atoms with van der Waals surface area (Å²) in [7, 11) is 3.47. The lowest BCUT2D eigenvalue weighted by molar-refractivity contribution is -0.0653. The number of nitrogens with zero attached hydrogens (tertiary/aromatic N) is 3. The minimum absolute atomic E-state index is 0.480. The van der Waals surface area contributed by atoms with Crippen LogP contribution in [0.2, 0.25) is 5.02 Å². The largest absolute Gasteiger partial charge is 0.411 e. The van der Waals surface area contributed by atoms with Crippen LogP contribution < -0.4 is 0 Å². The van der Waals surface area contributed by atoms with Crippen molar-refractivity contribution in [3.8, 4) is 0 Å². The summed E-state index contributed by atoms with van der Waals surface area (Å²) in [6.07, 6.45) is 1.29. The van der Waals surface area contributed by atoms with Crippen molar-refractivity contribution >= 4 is 29.3 Å². The molecule has 3 rings (SSSR count). The predicted molar refractivity (Wildman–Crippen MR) is 90.8 cm³/mol. The van der Waals surface area contributed by atoms with E-state index in [1.165, 1.54) is 6.21 Å². The lowest BCUT2D eigenvalue weighted by Gasteiger charge is -2.45. The molecule has 118 valence electrons. The molecule has 23 heavy (non-hydrogen) atoms. The van der Waals surface area contributed by atoms with Gasteiger partial charge >= 0.3 is 0 Å². The Morgan fingerprint density at radius 2 is 2.00 bits per heavy atom. The van der Waals surface area contributed by atoms with E-state index < -0.39 is 5.72 Å². The van der Waals surface area contributed by atoms with Gasteiger partial charge in [0.25, 0.3) is 0 Å². The maximum Gasteiger partial charge on any atom is 0.196 e. The Labute approximate surface area is 139 Å². The van der Waals surface area contributed by atoms with Gasteiger partial charge in [0.05, 0.1) is 5.69 Å². The Kier molecular flexibility index (Phi) is 4.07. The summed E-state index contributed by atoms with van der Waals surface area (Å²) < 4.78 is 5.98.